The van der Waals surface area contributed by atoms with Crippen LogP contribution in [0.25, 0.3) is 0 Å². The van der Waals surface area contributed by atoms with Crippen LogP contribution < -0.4 is 5.32 Å². The van der Waals surface area contributed by atoms with E-state index in [1.165, 1.54) is 19.3 Å². The number of nitrogens with one attached hydrogen (secondary N) is 1. The quantitative estimate of drug-likeness (QED) is 0.788. The van der Waals surface area contributed by atoms with Crippen molar-refractivity contribution < 1.29 is 0 Å². The maximum absolute atomic E-state index is 4.18. The molecule has 1 saturated carbocycles. The number of aromatic nitrogens is 2. The van der Waals surface area contributed by atoms with Crippen molar-refractivity contribution in [1.82, 2.24) is 15.3 Å². The topological polar surface area (TPSA) is 37.8 Å². The molecule has 0 spiro atoms. The van der Waals surface area contributed by atoms with Crippen molar-refractivity contribution in [3.05, 3.63) is 24.3 Å². The highest BCUT2D eigenvalue weighted by molar-refractivity contribution is 4.89. The average Bonchev–Trinajstić information content (AvgIpc) is 2.14. The van der Waals surface area contributed by atoms with Gasteiger partial charge in [0.05, 0.1) is 6.54 Å². The Labute approximate surface area is 85.0 Å². The SMILES string of the molecule is CC(NCc1ncccn1)C1CCC1. The molecule has 0 aliphatic heterocycles. The van der Waals surface area contributed by atoms with Gasteiger partial charge in [0.1, 0.15) is 5.82 Å². The summed E-state index contributed by atoms with van der Waals surface area (Å²) < 4.78 is 0. The molecule has 1 aliphatic rings. The minimum atomic E-state index is 0.604. The molecule has 1 aromatic rings. The van der Waals surface area contributed by atoms with Gasteiger partial charge in [-0.2, -0.15) is 0 Å². The molecule has 1 aromatic heterocycles. The Kier molecular flexibility index (Phi) is 3.09. The molecule has 1 unspecified atom stereocenters. The summed E-state index contributed by atoms with van der Waals surface area (Å²) in [4.78, 5) is 8.36. The summed E-state index contributed by atoms with van der Waals surface area (Å²) in [6.07, 6.45) is 7.74. The van der Waals surface area contributed by atoms with Crippen LogP contribution in [0, 0.1) is 5.92 Å². The molecular formula is C11H17N3. The van der Waals surface area contributed by atoms with Crippen molar-refractivity contribution in [2.24, 2.45) is 5.92 Å². The summed E-state index contributed by atoms with van der Waals surface area (Å²) >= 11 is 0. The Bertz CT molecular complexity index is 269. The van der Waals surface area contributed by atoms with E-state index in [4.69, 9.17) is 0 Å². The van der Waals surface area contributed by atoms with E-state index in [0.29, 0.717) is 6.04 Å². The minimum absolute atomic E-state index is 0.604. The molecule has 0 saturated heterocycles. The van der Waals surface area contributed by atoms with E-state index in [9.17, 15) is 0 Å². The van der Waals surface area contributed by atoms with Crippen molar-refractivity contribution in [2.45, 2.75) is 38.8 Å². The van der Waals surface area contributed by atoms with Crippen LogP contribution >= 0.6 is 0 Å². The molecule has 3 heteroatoms. The van der Waals surface area contributed by atoms with Gasteiger partial charge in [-0.25, -0.2) is 9.97 Å². The predicted molar refractivity (Wildman–Crippen MR) is 55.7 cm³/mol. The summed E-state index contributed by atoms with van der Waals surface area (Å²) in [5.74, 6) is 1.76. The third-order valence-electron chi connectivity index (χ3n) is 3.06. The van der Waals surface area contributed by atoms with Gasteiger partial charge in [-0.3, -0.25) is 0 Å². The third-order valence-corrected chi connectivity index (χ3v) is 3.06. The van der Waals surface area contributed by atoms with Crippen LogP contribution in [-0.4, -0.2) is 16.0 Å². The van der Waals surface area contributed by atoms with Gasteiger partial charge in [0, 0.05) is 18.4 Å². The van der Waals surface area contributed by atoms with Crippen LogP contribution in [0.5, 0.6) is 0 Å². The molecule has 3 nitrogen and oxygen atoms in total. The minimum Gasteiger partial charge on any atom is -0.307 e. The van der Waals surface area contributed by atoms with Crippen molar-refractivity contribution in [2.75, 3.05) is 0 Å². The molecular weight excluding hydrogens is 174 g/mol. The summed E-state index contributed by atoms with van der Waals surface area (Å²) in [6.45, 7) is 3.05. The molecule has 14 heavy (non-hydrogen) atoms. The van der Waals surface area contributed by atoms with E-state index in [2.05, 4.69) is 22.2 Å². The zero-order valence-corrected chi connectivity index (χ0v) is 8.61. The van der Waals surface area contributed by atoms with Crippen LogP contribution in [0.4, 0.5) is 0 Å². The van der Waals surface area contributed by atoms with E-state index < -0.39 is 0 Å². The zero-order chi connectivity index (χ0) is 9.80. The fraction of sp³-hybridized carbons (Fsp3) is 0.636. The molecule has 1 atom stereocenters. The van der Waals surface area contributed by atoms with Gasteiger partial charge in [-0.15, -0.1) is 0 Å². The fourth-order valence-electron chi connectivity index (χ4n) is 1.78. The lowest BCUT2D eigenvalue weighted by molar-refractivity contribution is 0.239. The summed E-state index contributed by atoms with van der Waals surface area (Å²) in [7, 11) is 0. The number of hydrogen-bond acceptors (Lipinski definition) is 3. The second-order valence-electron chi connectivity index (χ2n) is 4.03. The molecule has 0 bridgehead atoms. The van der Waals surface area contributed by atoms with Crippen molar-refractivity contribution in [3.8, 4) is 0 Å². The zero-order valence-electron chi connectivity index (χ0n) is 8.61. The van der Waals surface area contributed by atoms with E-state index in [1.54, 1.807) is 12.4 Å². The highest BCUT2D eigenvalue weighted by Gasteiger charge is 2.23. The van der Waals surface area contributed by atoms with Crippen LogP contribution in [0.15, 0.2) is 18.5 Å². The van der Waals surface area contributed by atoms with E-state index in [-0.39, 0.29) is 0 Å². The Morgan fingerprint density at radius 1 is 1.43 bits per heavy atom. The molecule has 0 amide bonds. The molecule has 0 aromatic carbocycles. The van der Waals surface area contributed by atoms with Crippen molar-refractivity contribution >= 4 is 0 Å². The molecule has 1 aliphatic carbocycles. The molecule has 2 rings (SSSR count). The predicted octanol–water partition coefficient (Wildman–Crippen LogP) is 1.75. The summed E-state index contributed by atoms with van der Waals surface area (Å²) in [5, 5.41) is 3.48. The smallest absolute Gasteiger partial charge is 0.141 e. The standard InChI is InChI=1S/C11H17N3/c1-9(10-4-2-5-10)14-8-11-12-6-3-7-13-11/h3,6-7,9-10,14H,2,4-5,8H2,1H3. The first-order valence-electron chi connectivity index (χ1n) is 5.35. The van der Waals surface area contributed by atoms with Crippen LogP contribution in [0.3, 0.4) is 0 Å². The maximum atomic E-state index is 4.18. The van der Waals surface area contributed by atoms with Gasteiger partial charge in [0.2, 0.25) is 0 Å². The van der Waals surface area contributed by atoms with E-state index >= 15 is 0 Å². The first-order chi connectivity index (χ1) is 6.86. The first kappa shape index (κ1) is 9.59. The highest BCUT2D eigenvalue weighted by Crippen LogP contribution is 2.29. The van der Waals surface area contributed by atoms with Gasteiger partial charge in [0.15, 0.2) is 0 Å². The monoisotopic (exact) mass is 191 g/mol. The fourth-order valence-corrected chi connectivity index (χ4v) is 1.78. The second kappa shape index (κ2) is 4.51. The van der Waals surface area contributed by atoms with E-state index in [1.807, 2.05) is 6.07 Å². The van der Waals surface area contributed by atoms with Crippen LogP contribution in [0.1, 0.15) is 32.0 Å². The summed E-state index contributed by atoms with van der Waals surface area (Å²) in [6, 6.07) is 2.45. The second-order valence-corrected chi connectivity index (χ2v) is 4.03. The van der Waals surface area contributed by atoms with Gasteiger partial charge in [-0.1, -0.05) is 6.42 Å². The lowest BCUT2D eigenvalue weighted by atomic mass is 9.80. The van der Waals surface area contributed by atoms with Gasteiger partial charge in [0.25, 0.3) is 0 Å². The maximum Gasteiger partial charge on any atom is 0.141 e. The Balaban J connectivity index is 1.76. The Morgan fingerprint density at radius 3 is 2.71 bits per heavy atom. The normalized spacial score (nSPS) is 18.9. The first-order valence-corrected chi connectivity index (χ1v) is 5.35. The largest absolute Gasteiger partial charge is 0.307 e. The molecule has 1 fully saturated rings. The number of nitrogens with zero attached hydrogens (tertiary/aromatic N) is 2. The third kappa shape index (κ3) is 2.29. The molecule has 76 valence electrons. The van der Waals surface area contributed by atoms with Crippen LogP contribution in [0.2, 0.25) is 0 Å². The van der Waals surface area contributed by atoms with Gasteiger partial charge < -0.3 is 5.32 Å². The van der Waals surface area contributed by atoms with E-state index in [0.717, 1.165) is 18.3 Å². The van der Waals surface area contributed by atoms with Gasteiger partial charge in [-0.05, 0) is 31.7 Å². The number of hydrogen-bond donors (Lipinski definition) is 1. The Morgan fingerprint density at radius 2 is 2.14 bits per heavy atom. The number of rotatable bonds is 4. The van der Waals surface area contributed by atoms with Crippen molar-refractivity contribution in [1.29, 1.82) is 0 Å². The molecule has 1 heterocycles. The molecule has 0 radical (unpaired) electrons. The van der Waals surface area contributed by atoms with Crippen LogP contribution in [-0.2, 0) is 6.54 Å². The molecule has 1 N–H and O–H groups in total. The highest BCUT2D eigenvalue weighted by atomic mass is 15.0. The van der Waals surface area contributed by atoms with Gasteiger partial charge >= 0.3 is 0 Å². The average molecular weight is 191 g/mol. The van der Waals surface area contributed by atoms with Crippen molar-refractivity contribution in [3.63, 3.8) is 0 Å². The summed E-state index contributed by atoms with van der Waals surface area (Å²) in [5.41, 5.74) is 0. The lowest BCUT2D eigenvalue weighted by Gasteiger charge is -2.31. The Hall–Kier alpha value is -0.960. The lowest BCUT2D eigenvalue weighted by Crippen LogP contribution is -2.36.